The second kappa shape index (κ2) is 7.47. The van der Waals surface area contributed by atoms with Crippen LogP contribution in [-0.4, -0.2) is 23.7 Å². The lowest BCUT2D eigenvalue weighted by Gasteiger charge is -2.23. The third-order valence-corrected chi connectivity index (χ3v) is 4.85. The Labute approximate surface area is 140 Å². The van der Waals surface area contributed by atoms with Crippen molar-refractivity contribution in [1.29, 1.82) is 0 Å². The molecule has 0 radical (unpaired) electrons. The normalized spacial score (nSPS) is 25.0. The summed E-state index contributed by atoms with van der Waals surface area (Å²) in [6.07, 6.45) is 5.93. The van der Waals surface area contributed by atoms with Crippen LogP contribution in [0.15, 0.2) is 23.2 Å². The Morgan fingerprint density at radius 3 is 2.83 bits per heavy atom. The van der Waals surface area contributed by atoms with Gasteiger partial charge in [-0.25, -0.2) is 0 Å². The molecule has 0 saturated heterocycles. The lowest BCUT2D eigenvalue weighted by Crippen LogP contribution is -2.31. The number of alkyl halides is 2. The van der Waals surface area contributed by atoms with E-state index in [1.807, 2.05) is 0 Å². The summed E-state index contributed by atoms with van der Waals surface area (Å²) in [4.78, 5) is 4.46. The largest absolute Gasteiger partial charge is 0.435 e. The van der Waals surface area contributed by atoms with E-state index in [0.29, 0.717) is 17.1 Å². The number of benzene rings is 1. The first-order valence-electron chi connectivity index (χ1n) is 8.64. The van der Waals surface area contributed by atoms with Crippen LogP contribution in [0.2, 0.25) is 0 Å². The summed E-state index contributed by atoms with van der Waals surface area (Å²) in [6.45, 7) is -0.562. The van der Waals surface area contributed by atoms with Crippen molar-refractivity contribution in [3.63, 3.8) is 0 Å². The maximum Gasteiger partial charge on any atom is 0.387 e. The summed E-state index contributed by atoms with van der Waals surface area (Å²) in [5, 5.41) is 13.0. The zero-order valence-corrected chi connectivity index (χ0v) is 13.8. The van der Waals surface area contributed by atoms with E-state index in [1.165, 1.54) is 31.4 Å². The number of halogens is 2. The summed E-state index contributed by atoms with van der Waals surface area (Å²) < 4.78 is 28.9. The highest BCUT2D eigenvalue weighted by Gasteiger charge is 2.31. The van der Waals surface area contributed by atoms with Crippen molar-refractivity contribution in [2.45, 2.75) is 58.3 Å². The number of aliphatic imine (C=N–C) groups is 1. The van der Waals surface area contributed by atoms with Gasteiger partial charge >= 0.3 is 6.61 Å². The Hall–Kier alpha value is -1.69. The molecule has 1 aliphatic carbocycles. The van der Waals surface area contributed by atoms with Gasteiger partial charge in [0.25, 0.3) is 0 Å². The average Bonchev–Trinajstić information content (AvgIpc) is 3.22. The third-order valence-electron chi connectivity index (χ3n) is 4.85. The average molecular weight is 338 g/mol. The highest BCUT2D eigenvalue weighted by Crippen LogP contribution is 2.41. The van der Waals surface area contributed by atoms with Gasteiger partial charge in [0.05, 0.1) is 17.1 Å². The number of ether oxygens (including phenoxy) is 1. The van der Waals surface area contributed by atoms with Gasteiger partial charge in [-0.3, -0.25) is 4.99 Å². The van der Waals surface area contributed by atoms with E-state index in [-0.39, 0.29) is 5.75 Å². The maximum absolute atomic E-state index is 12.2. The molecule has 2 N–H and O–H groups in total. The van der Waals surface area contributed by atoms with Gasteiger partial charge in [0, 0.05) is 6.07 Å². The molecule has 1 aliphatic heterocycles. The van der Waals surface area contributed by atoms with Crippen molar-refractivity contribution in [3.8, 4) is 5.75 Å². The summed E-state index contributed by atoms with van der Waals surface area (Å²) in [6, 6.07) is 4.52. The number of hydrogen-bond donors (Lipinski definition) is 2. The molecule has 0 bridgehead atoms. The molecule has 1 aromatic rings. The molecule has 4 nitrogen and oxygen atoms in total. The van der Waals surface area contributed by atoms with Crippen LogP contribution in [0.3, 0.4) is 0 Å². The van der Waals surface area contributed by atoms with Crippen LogP contribution in [0.25, 0.3) is 0 Å². The lowest BCUT2D eigenvalue weighted by atomic mass is 10.0. The topological polar surface area (TPSA) is 53.8 Å². The van der Waals surface area contributed by atoms with E-state index >= 15 is 0 Å². The lowest BCUT2D eigenvalue weighted by molar-refractivity contribution is -0.0498. The molecule has 1 aromatic carbocycles. The SMILES string of the molecule is CC1C[C@H]1CCCCCC1=Nc2ccc(OC(F)F)cc2NC1O. The fourth-order valence-corrected chi connectivity index (χ4v) is 3.23. The number of aliphatic hydroxyl groups excluding tert-OH is 1. The van der Waals surface area contributed by atoms with Gasteiger partial charge in [-0.2, -0.15) is 8.78 Å². The van der Waals surface area contributed by atoms with E-state index in [9.17, 15) is 13.9 Å². The van der Waals surface area contributed by atoms with Crippen molar-refractivity contribution in [2.24, 2.45) is 16.8 Å². The second-order valence-corrected chi connectivity index (χ2v) is 6.78. The highest BCUT2D eigenvalue weighted by molar-refractivity contribution is 5.97. The Balaban J connectivity index is 1.51. The van der Waals surface area contributed by atoms with Crippen LogP contribution in [0.4, 0.5) is 20.2 Å². The van der Waals surface area contributed by atoms with Crippen LogP contribution in [-0.2, 0) is 0 Å². The van der Waals surface area contributed by atoms with Gasteiger partial charge in [-0.05, 0) is 43.2 Å². The van der Waals surface area contributed by atoms with Crippen molar-refractivity contribution < 1.29 is 18.6 Å². The van der Waals surface area contributed by atoms with E-state index in [4.69, 9.17) is 0 Å². The van der Waals surface area contributed by atoms with Gasteiger partial charge in [-0.15, -0.1) is 0 Å². The number of unbranched alkanes of at least 4 members (excludes halogenated alkanes) is 2. The van der Waals surface area contributed by atoms with E-state index in [2.05, 4.69) is 22.0 Å². The van der Waals surface area contributed by atoms with Gasteiger partial charge in [-0.1, -0.05) is 26.2 Å². The van der Waals surface area contributed by atoms with E-state index in [1.54, 1.807) is 6.07 Å². The molecule has 2 unspecified atom stereocenters. The Morgan fingerprint density at radius 2 is 2.12 bits per heavy atom. The standard InChI is InChI=1S/C18H24F2N2O2/c1-11-9-12(11)5-3-2-4-6-15-17(23)22-16-10-13(24-18(19)20)7-8-14(16)21-15/h7-8,10-12,17-18,22-23H,2-6,9H2,1H3/t11?,12-,17?/m1/s1. The van der Waals surface area contributed by atoms with Gasteiger partial charge in [0.1, 0.15) is 5.75 Å². The Kier molecular flexibility index (Phi) is 5.33. The van der Waals surface area contributed by atoms with Gasteiger partial charge < -0.3 is 15.2 Å². The molecule has 0 aromatic heterocycles. The van der Waals surface area contributed by atoms with Crippen LogP contribution in [0.5, 0.6) is 5.75 Å². The summed E-state index contributed by atoms with van der Waals surface area (Å²) in [5.41, 5.74) is 1.85. The number of nitrogens with one attached hydrogen (secondary N) is 1. The monoisotopic (exact) mass is 338 g/mol. The zero-order chi connectivity index (χ0) is 17.1. The highest BCUT2D eigenvalue weighted by atomic mass is 19.3. The molecular weight excluding hydrogens is 314 g/mol. The smallest absolute Gasteiger partial charge is 0.387 e. The molecular formula is C18H24F2N2O2. The van der Waals surface area contributed by atoms with Crippen molar-refractivity contribution in [1.82, 2.24) is 0 Å². The first-order chi connectivity index (χ1) is 11.5. The van der Waals surface area contributed by atoms with Crippen molar-refractivity contribution >= 4 is 17.1 Å². The second-order valence-electron chi connectivity index (χ2n) is 6.78. The molecule has 1 heterocycles. The molecule has 24 heavy (non-hydrogen) atoms. The molecule has 2 aliphatic rings. The molecule has 1 fully saturated rings. The number of nitrogens with zero attached hydrogens (tertiary/aromatic N) is 1. The number of fused-ring (bicyclic) bond motifs is 1. The molecule has 6 heteroatoms. The quantitative estimate of drug-likeness (QED) is 0.675. The minimum absolute atomic E-state index is 0.0522. The van der Waals surface area contributed by atoms with Gasteiger partial charge in [0.15, 0.2) is 6.23 Å². The van der Waals surface area contributed by atoms with Crippen LogP contribution in [0, 0.1) is 11.8 Å². The van der Waals surface area contributed by atoms with Crippen LogP contribution < -0.4 is 10.1 Å². The molecule has 0 amide bonds. The number of anilines is 1. The zero-order valence-electron chi connectivity index (χ0n) is 13.8. The number of rotatable bonds is 8. The summed E-state index contributed by atoms with van der Waals surface area (Å²) in [7, 11) is 0. The Morgan fingerprint density at radius 1 is 1.33 bits per heavy atom. The van der Waals surface area contributed by atoms with Gasteiger partial charge in [0.2, 0.25) is 0 Å². The number of aliphatic hydroxyl groups is 1. The Bertz CT molecular complexity index is 607. The summed E-state index contributed by atoms with van der Waals surface area (Å²) >= 11 is 0. The minimum Gasteiger partial charge on any atom is -0.435 e. The van der Waals surface area contributed by atoms with Crippen LogP contribution in [0.1, 0.15) is 45.4 Å². The van der Waals surface area contributed by atoms with Crippen LogP contribution >= 0.6 is 0 Å². The molecule has 3 atom stereocenters. The minimum atomic E-state index is -2.87. The van der Waals surface area contributed by atoms with E-state index < -0.39 is 12.8 Å². The molecule has 0 spiro atoms. The first-order valence-corrected chi connectivity index (χ1v) is 8.64. The summed E-state index contributed by atoms with van der Waals surface area (Å²) in [5.74, 6) is 1.89. The molecule has 1 saturated carbocycles. The first kappa shape index (κ1) is 17.1. The van der Waals surface area contributed by atoms with E-state index in [0.717, 1.165) is 31.1 Å². The molecule has 132 valence electrons. The fourth-order valence-electron chi connectivity index (χ4n) is 3.23. The van der Waals surface area contributed by atoms with Crippen molar-refractivity contribution in [2.75, 3.05) is 5.32 Å². The molecule has 3 rings (SSSR count). The number of hydrogen-bond acceptors (Lipinski definition) is 4. The fraction of sp³-hybridized carbons (Fsp3) is 0.611. The third kappa shape index (κ3) is 4.44. The van der Waals surface area contributed by atoms with Crippen molar-refractivity contribution in [3.05, 3.63) is 18.2 Å². The predicted molar refractivity (Wildman–Crippen MR) is 90.2 cm³/mol. The maximum atomic E-state index is 12.2. The predicted octanol–water partition coefficient (Wildman–Crippen LogP) is 4.71.